The first kappa shape index (κ1) is 19.2. The van der Waals surface area contributed by atoms with E-state index in [9.17, 15) is 14.4 Å². The van der Waals surface area contributed by atoms with Crippen molar-refractivity contribution in [2.45, 2.75) is 32.7 Å². The van der Waals surface area contributed by atoms with E-state index in [1.165, 1.54) is 7.11 Å². The van der Waals surface area contributed by atoms with Crippen molar-refractivity contribution in [3.05, 3.63) is 0 Å². The minimum atomic E-state index is -1.20. The van der Waals surface area contributed by atoms with Gasteiger partial charge < -0.3 is 25.2 Å². The molecule has 1 atom stereocenters. The Balaban J connectivity index is 3.95. The van der Waals surface area contributed by atoms with E-state index in [1.54, 1.807) is 0 Å². The van der Waals surface area contributed by atoms with Crippen molar-refractivity contribution in [1.82, 2.24) is 10.6 Å². The Morgan fingerprint density at radius 1 is 1.24 bits per heavy atom. The van der Waals surface area contributed by atoms with E-state index < -0.39 is 24.0 Å². The van der Waals surface area contributed by atoms with Crippen molar-refractivity contribution in [3.63, 3.8) is 0 Å². The van der Waals surface area contributed by atoms with Gasteiger partial charge in [0.25, 0.3) is 0 Å². The third-order valence-corrected chi connectivity index (χ3v) is 2.45. The molecule has 0 fully saturated rings. The Labute approximate surface area is 124 Å². The van der Waals surface area contributed by atoms with Gasteiger partial charge in [-0.25, -0.2) is 9.59 Å². The molecule has 21 heavy (non-hydrogen) atoms. The summed E-state index contributed by atoms with van der Waals surface area (Å²) in [6.07, 6.45) is -0.107. The number of ether oxygens (including phenoxy) is 2. The molecule has 3 N–H and O–H groups in total. The topological polar surface area (TPSA) is 114 Å². The number of hydrogen-bond acceptors (Lipinski definition) is 5. The number of carbonyl (C=O) groups is 3. The molecule has 0 aliphatic rings. The first-order valence-corrected chi connectivity index (χ1v) is 6.78. The van der Waals surface area contributed by atoms with Crippen LogP contribution in [0.15, 0.2) is 0 Å². The molecule has 0 aromatic heterocycles. The van der Waals surface area contributed by atoms with E-state index >= 15 is 0 Å². The van der Waals surface area contributed by atoms with Crippen molar-refractivity contribution < 1.29 is 29.0 Å². The molecular formula is C13H24N2O6. The van der Waals surface area contributed by atoms with Gasteiger partial charge in [-0.15, -0.1) is 0 Å². The number of carboxylic acids is 1. The second-order valence-corrected chi connectivity index (χ2v) is 4.87. The summed E-state index contributed by atoms with van der Waals surface area (Å²) in [5, 5.41) is 13.7. The molecule has 0 spiro atoms. The van der Waals surface area contributed by atoms with Crippen molar-refractivity contribution in [1.29, 1.82) is 0 Å². The smallest absolute Gasteiger partial charge is 0.326 e. The molecule has 0 radical (unpaired) electrons. The fourth-order valence-electron chi connectivity index (χ4n) is 1.39. The molecular weight excluding hydrogens is 280 g/mol. The Bertz CT molecular complexity index is 346. The largest absolute Gasteiger partial charge is 0.480 e. The summed E-state index contributed by atoms with van der Waals surface area (Å²) in [7, 11) is 1.22. The van der Waals surface area contributed by atoms with Crippen LogP contribution in [0.3, 0.4) is 0 Å². The normalized spacial score (nSPS) is 11.8. The molecule has 122 valence electrons. The molecule has 0 bridgehead atoms. The fourth-order valence-corrected chi connectivity index (χ4v) is 1.39. The lowest BCUT2D eigenvalue weighted by atomic mass is 10.1. The summed E-state index contributed by atoms with van der Waals surface area (Å²) in [5.74, 6) is -1.32. The number of nitrogens with one attached hydrogen (secondary N) is 2. The number of amides is 2. The average Bonchev–Trinajstić information content (AvgIpc) is 2.41. The summed E-state index contributed by atoms with van der Waals surface area (Å²) in [5.41, 5.74) is 0. The summed E-state index contributed by atoms with van der Waals surface area (Å²) in [6.45, 7) is 5.26. The Morgan fingerprint density at radius 2 is 1.90 bits per heavy atom. The van der Waals surface area contributed by atoms with Gasteiger partial charge in [0.1, 0.15) is 6.04 Å². The number of carbonyl (C=O) groups excluding carboxylic acids is 2. The number of esters is 1. The minimum Gasteiger partial charge on any atom is -0.480 e. The van der Waals surface area contributed by atoms with Crippen molar-refractivity contribution in [2.24, 2.45) is 5.92 Å². The molecule has 8 nitrogen and oxygen atoms in total. The second-order valence-electron chi connectivity index (χ2n) is 4.87. The molecule has 0 aliphatic heterocycles. The number of aliphatic carboxylic acids is 1. The number of carboxylic acid groups (broad SMARTS) is 1. The average molecular weight is 304 g/mol. The lowest BCUT2D eigenvalue weighted by Crippen LogP contribution is -2.46. The fraction of sp³-hybridized carbons (Fsp3) is 0.769. The van der Waals surface area contributed by atoms with E-state index in [0.717, 1.165) is 0 Å². The van der Waals surface area contributed by atoms with E-state index in [1.807, 2.05) is 13.8 Å². The molecule has 0 rings (SSSR count). The maximum atomic E-state index is 11.5. The van der Waals surface area contributed by atoms with Gasteiger partial charge in [-0.1, -0.05) is 13.8 Å². The van der Waals surface area contributed by atoms with Gasteiger partial charge in [0.2, 0.25) is 0 Å². The number of urea groups is 1. The highest BCUT2D eigenvalue weighted by molar-refractivity contribution is 5.83. The quantitative estimate of drug-likeness (QED) is 0.397. The highest BCUT2D eigenvalue weighted by Gasteiger charge is 2.20. The van der Waals surface area contributed by atoms with Crippen molar-refractivity contribution in [3.8, 4) is 0 Å². The van der Waals surface area contributed by atoms with Gasteiger partial charge in [-0.05, 0) is 12.3 Å². The van der Waals surface area contributed by atoms with Crippen molar-refractivity contribution in [2.75, 3.05) is 26.9 Å². The number of methoxy groups -OCH3 is 1. The van der Waals surface area contributed by atoms with Crippen LogP contribution in [0.1, 0.15) is 26.7 Å². The predicted octanol–water partition coefficient (Wildman–Crippen LogP) is 0.365. The van der Waals surface area contributed by atoms with E-state index in [2.05, 4.69) is 15.4 Å². The first-order valence-electron chi connectivity index (χ1n) is 6.78. The molecule has 0 unspecified atom stereocenters. The third kappa shape index (κ3) is 10.6. The van der Waals surface area contributed by atoms with Crippen LogP contribution in [0, 0.1) is 5.92 Å². The maximum absolute atomic E-state index is 11.5. The Hall–Kier alpha value is -1.83. The lowest BCUT2D eigenvalue weighted by Gasteiger charge is -2.14. The molecule has 0 heterocycles. The zero-order valence-electron chi connectivity index (χ0n) is 12.7. The first-order chi connectivity index (χ1) is 9.86. The lowest BCUT2D eigenvalue weighted by molar-refractivity contribution is -0.142. The summed E-state index contributed by atoms with van der Waals surface area (Å²) < 4.78 is 9.69. The standard InChI is InChI=1S/C13H24N2O6/c1-9(2)8-21-7-6-14-13(19)15-10(12(17)18)4-5-11(16)20-3/h9-10H,4-8H2,1-3H3,(H,17,18)(H2,14,15,19)/t10-/m1/s1. The summed E-state index contributed by atoms with van der Waals surface area (Å²) in [4.78, 5) is 33.4. The molecule has 0 aromatic carbocycles. The van der Waals surface area contributed by atoms with Crippen LogP contribution >= 0.6 is 0 Å². The van der Waals surface area contributed by atoms with E-state index in [-0.39, 0.29) is 19.4 Å². The zero-order chi connectivity index (χ0) is 16.3. The monoisotopic (exact) mass is 304 g/mol. The second kappa shape index (κ2) is 10.9. The molecule has 8 heteroatoms. The predicted molar refractivity (Wildman–Crippen MR) is 74.9 cm³/mol. The maximum Gasteiger partial charge on any atom is 0.326 e. The molecule has 0 saturated heterocycles. The zero-order valence-corrected chi connectivity index (χ0v) is 12.7. The number of hydrogen-bond donors (Lipinski definition) is 3. The van der Waals surface area contributed by atoms with Crippen LogP contribution in [-0.2, 0) is 19.1 Å². The van der Waals surface area contributed by atoms with E-state index in [4.69, 9.17) is 9.84 Å². The van der Waals surface area contributed by atoms with Gasteiger partial charge in [0, 0.05) is 19.6 Å². The van der Waals surface area contributed by atoms with Crippen LogP contribution < -0.4 is 10.6 Å². The van der Waals surface area contributed by atoms with Gasteiger partial charge in [0.05, 0.1) is 13.7 Å². The Morgan fingerprint density at radius 3 is 2.43 bits per heavy atom. The molecule has 0 aromatic rings. The van der Waals surface area contributed by atoms with Gasteiger partial charge in [-0.2, -0.15) is 0 Å². The van der Waals surface area contributed by atoms with Crippen LogP contribution in [-0.4, -0.2) is 56.0 Å². The number of rotatable bonds is 10. The Kier molecular flexibility index (Phi) is 9.95. The van der Waals surface area contributed by atoms with Crippen LogP contribution in [0.2, 0.25) is 0 Å². The van der Waals surface area contributed by atoms with Gasteiger partial charge >= 0.3 is 18.0 Å². The van der Waals surface area contributed by atoms with E-state index in [0.29, 0.717) is 19.1 Å². The summed E-state index contributed by atoms with van der Waals surface area (Å²) in [6, 6.07) is -1.75. The van der Waals surface area contributed by atoms with Crippen LogP contribution in [0.25, 0.3) is 0 Å². The molecule has 2 amide bonds. The highest BCUT2D eigenvalue weighted by atomic mass is 16.5. The SMILES string of the molecule is COC(=O)CC[C@@H](NC(=O)NCCOCC(C)C)C(=O)O. The highest BCUT2D eigenvalue weighted by Crippen LogP contribution is 1.99. The van der Waals surface area contributed by atoms with Crippen LogP contribution in [0.4, 0.5) is 4.79 Å². The van der Waals surface area contributed by atoms with Gasteiger partial charge in [-0.3, -0.25) is 4.79 Å². The van der Waals surface area contributed by atoms with Crippen molar-refractivity contribution >= 4 is 18.0 Å². The van der Waals surface area contributed by atoms with Crippen LogP contribution in [0.5, 0.6) is 0 Å². The molecule has 0 aliphatic carbocycles. The summed E-state index contributed by atoms with van der Waals surface area (Å²) >= 11 is 0. The third-order valence-electron chi connectivity index (χ3n) is 2.45. The minimum absolute atomic E-state index is 0.0285. The van der Waals surface area contributed by atoms with Gasteiger partial charge in [0.15, 0.2) is 0 Å². The molecule has 0 saturated carbocycles.